The van der Waals surface area contributed by atoms with Crippen LogP contribution in [-0.2, 0) is 16.0 Å². The minimum Gasteiger partial charge on any atom is -0.389 e. The van der Waals surface area contributed by atoms with Crippen molar-refractivity contribution < 1.29 is 24.3 Å². The molecule has 0 aromatic heterocycles. The van der Waals surface area contributed by atoms with Crippen LogP contribution in [0.1, 0.15) is 78.1 Å². The van der Waals surface area contributed by atoms with Crippen LogP contribution in [0.15, 0.2) is 48.5 Å². The second-order valence-corrected chi connectivity index (χ2v) is 11.7. The molecule has 2 aromatic carbocycles. The summed E-state index contributed by atoms with van der Waals surface area (Å²) in [5.41, 5.74) is 1.97. The van der Waals surface area contributed by atoms with Gasteiger partial charge in [-0.3, -0.25) is 19.2 Å². The van der Waals surface area contributed by atoms with Gasteiger partial charge < -0.3 is 25.1 Å². The molecule has 0 bridgehead atoms. The van der Waals surface area contributed by atoms with Crippen LogP contribution >= 0.6 is 0 Å². The van der Waals surface area contributed by atoms with Gasteiger partial charge in [0.15, 0.2) is 0 Å². The summed E-state index contributed by atoms with van der Waals surface area (Å²) in [5, 5.41) is 14.5. The van der Waals surface area contributed by atoms with Gasteiger partial charge in [0.05, 0.1) is 12.1 Å². The number of hydrogen-bond donors (Lipinski definition) is 2. The van der Waals surface area contributed by atoms with E-state index in [0.717, 1.165) is 37.7 Å². The summed E-state index contributed by atoms with van der Waals surface area (Å²) < 4.78 is 0. The summed E-state index contributed by atoms with van der Waals surface area (Å²) in [7, 11) is 3.27. The van der Waals surface area contributed by atoms with E-state index in [-0.39, 0.29) is 35.7 Å². The normalized spacial score (nSPS) is 17.0. The van der Waals surface area contributed by atoms with Crippen LogP contribution in [-0.4, -0.2) is 84.4 Å². The third-order valence-corrected chi connectivity index (χ3v) is 8.35. The Morgan fingerprint density at radius 3 is 2.31 bits per heavy atom. The van der Waals surface area contributed by atoms with Crippen LogP contribution in [0.25, 0.3) is 0 Å². The molecule has 0 radical (unpaired) electrons. The fraction of sp³-hybridized carbons (Fsp3) is 0.515. The molecule has 4 amide bonds. The number of amides is 4. The maximum absolute atomic E-state index is 13.7. The zero-order valence-electron chi connectivity index (χ0n) is 25.1. The molecule has 2 fully saturated rings. The van der Waals surface area contributed by atoms with Crippen LogP contribution in [0, 0.1) is 5.92 Å². The zero-order chi connectivity index (χ0) is 30.2. The fourth-order valence-electron chi connectivity index (χ4n) is 5.94. The Morgan fingerprint density at radius 2 is 1.69 bits per heavy atom. The van der Waals surface area contributed by atoms with E-state index in [9.17, 15) is 24.3 Å². The van der Waals surface area contributed by atoms with Gasteiger partial charge >= 0.3 is 0 Å². The first-order valence-corrected chi connectivity index (χ1v) is 15.2. The van der Waals surface area contributed by atoms with Gasteiger partial charge in [0, 0.05) is 62.9 Å². The number of likely N-dealkylation sites (N-methyl/N-ethyl adjacent to an activating group) is 1. The van der Waals surface area contributed by atoms with E-state index in [0.29, 0.717) is 43.6 Å². The van der Waals surface area contributed by atoms with Crippen LogP contribution in [0.4, 0.5) is 5.69 Å². The lowest BCUT2D eigenvalue weighted by atomic mass is 9.88. The quantitative estimate of drug-likeness (QED) is 0.425. The third kappa shape index (κ3) is 7.76. The molecule has 9 nitrogen and oxygen atoms in total. The Morgan fingerprint density at radius 1 is 1.00 bits per heavy atom. The van der Waals surface area contributed by atoms with Gasteiger partial charge in [0.1, 0.15) is 0 Å². The van der Waals surface area contributed by atoms with Crippen LogP contribution in [0.5, 0.6) is 0 Å². The van der Waals surface area contributed by atoms with Crippen molar-refractivity contribution in [1.82, 2.24) is 15.1 Å². The van der Waals surface area contributed by atoms with Crippen molar-refractivity contribution >= 4 is 29.3 Å². The molecule has 1 aliphatic carbocycles. The minimum absolute atomic E-state index is 0.0169. The molecule has 1 saturated carbocycles. The largest absolute Gasteiger partial charge is 0.389 e. The lowest BCUT2D eigenvalue weighted by Gasteiger charge is -2.33. The highest BCUT2D eigenvalue weighted by Gasteiger charge is 2.31. The second-order valence-electron chi connectivity index (χ2n) is 11.7. The van der Waals surface area contributed by atoms with E-state index < -0.39 is 18.1 Å². The van der Waals surface area contributed by atoms with Crippen molar-refractivity contribution in [2.45, 2.75) is 70.4 Å². The highest BCUT2D eigenvalue weighted by atomic mass is 16.3. The number of benzene rings is 2. The monoisotopic (exact) mass is 576 g/mol. The number of hydrogen-bond acceptors (Lipinski definition) is 5. The third-order valence-electron chi connectivity index (χ3n) is 8.35. The molecule has 2 N–H and O–H groups in total. The number of nitrogens with zero attached hydrogens (tertiary/aromatic N) is 3. The fourth-order valence-corrected chi connectivity index (χ4v) is 5.94. The van der Waals surface area contributed by atoms with E-state index in [1.807, 2.05) is 37.3 Å². The number of aliphatic hydroxyl groups is 1. The molecule has 2 aromatic rings. The van der Waals surface area contributed by atoms with Crippen molar-refractivity contribution in [2.24, 2.45) is 5.92 Å². The van der Waals surface area contributed by atoms with Gasteiger partial charge in [-0.25, -0.2) is 0 Å². The molecule has 226 valence electrons. The molecule has 1 saturated heterocycles. The molecule has 2 aliphatic rings. The van der Waals surface area contributed by atoms with Crippen molar-refractivity contribution in [3.63, 3.8) is 0 Å². The van der Waals surface area contributed by atoms with Gasteiger partial charge in [0.25, 0.3) is 11.8 Å². The maximum atomic E-state index is 13.7. The van der Waals surface area contributed by atoms with E-state index in [2.05, 4.69) is 5.32 Å². The number of aliphatic hydroxyl groups excluding tert-OH is 1. The Labute approximate surface area is 248 Å². The number of carbonyl (C=O) groups excluding carboxylic acids is 4. The molecule has 0 spiro atoms. The number of nitrogens with one attached hydrogen (secondary N) is 1. The summed E-state index contributed by atoms with van der Waals surface area (Å²) in [5.74, 6) is -0.737. The molecule has 42 heavy (non-hydrogen) atoms. The lowest BCUT2D eigenvalue weighted by molar-refractivity contribution is -0.138. The van der Waals surface area contributed by atoms with Gasteiger partial charge in [-0.2, -0.15) is 0 Å². The predicted octanol–water partition coefficient (Wildman–Crippen LogP) is 3.65. The Kier molecular flexibility index (Phi) is 10.7. The molecule has 9 heteroatoms. The van der Waals surface area contributed by atoms with Crippen LogP contribution in [0.2, 0.25) is 0 Å². The van der Waals surface area contributed by atoms with E-state index in [1.54, 1.807) is 36.0 Å². The van der Waals surface area contributed by atoms with E-state index in [1.165, 1.54) is 11.0 Å². The Balaban J connectivity index is 1.59. The second kappa shape index (κ2) is 14.4. The first-order valence-electron chi connectivity index (χ1n) is 15.2. The summed E-state index contributed by atoms with van der Waals surface area (Å²) in [6, 6.07) is 13.7. The van der Waals surface area contributed by atoms with Crippen molar-refractivity contribution in [3.05, 3.63) is 65.2 Å². The summed E-state index contributed by atoms with van der Waals surface area (Å²) in [4.78, 5) is 57.2. The summed E-state index contributed by atoms with van der Waals surface area (Å²) >= 11 is 0. The minimum atomic E-state index is -1.02. The molecule has 4 rings (SSSR count). The van der Waals surface area contributed by atoms with Gasteiger partial charge in [-0.05, 0) is 56.4 Å². The molecule has 0 unspecified atom stereocenters. The number of carbonyl (C=O) groups is 4. The molecule has 1 heterocycles. The van der Waals surface area contributed by atoms with Crippen molar-refractivity contribution in [3.8, 4) is 0 Å². The average molecular weight is 577 g/mol. The molecule has 1 aliphatic heterocycles. The average Bonchev–Trinajstić information content (AvgIpc) is 3.45. The summed E-state index contributed by atoms with van der Waals surface area (Å²) in [6.45, 7) is 3.01. The van der Waals surface area contributed by atoms with E-state index >= 15 is 0 Å². The smallest absolute Gasteiger partial charge is 0.253 e. The Hall–Kier alpha value is -3.72. The van der Waals surface area contributed by atoms with Crippen LogP contribution in [0.3, 0.4) is 0 Å². The van der Waals surface area contributed by atoms with Gasteiger partial charge in [-0.1, -0.05) is 49.6 Å². The molecule has 2 atom stereocenters. The standard InChI is InChI=1S/C33H44N4O5/c1-4-36(33(42)24-14-9-6-10-15-24)22-29(38)28(18-23-12-7-5-8-13-23)34-31(40)25-19-26(32(41)35(2)3)21-27(20-25)37-17-11-16-30(37)39/h5,7-8,12-13,19-21,24,28-29,38H,4,6,9-11,14-18,22H2,1-3H3,(H,34,40)/t28-,29+/m0/s1. The molecular formula is C33H44N4O5. The Bertz CT molecular complexity index is 1260. The maximum Gasteiger partial charge on any atom is 0.253 e. The SMILES string of the molecule is CCN(C[C@@H](O)[C@H](Cc1ccccc1)NC(=O)c1cc(C(=O)N(C)C)cc(N2CCCC2=O)c1)C(=O)C1CCCCC1. The zero-order valence-corrected chi connectivity index (χ0v) is 25.1. The van der Waals surface area contributed by atoms with Crippen molar-refractivity contribution in [2.75, 3.05) is 38.6 Å². The first kappa shape index (κ1) is 31.2. The number of rotatable bonds is 11. The van der Waals surface area contributed by atoms with Gasteiger partial charge in [0.2, 0.25) is 11.8 Å². The number of anilines is 1. The highest BCUT2D eigenvalue weighted by molar-refractivity contribution is 6.03. The van der Waals surface area contributed by atoms with Gasteiger partial charge in [-0.15, -0.1) is 0 Å². The highest BCUT2D eigenvalue weighted by Crippen LogP contribution is 2.27. The van der Waals surface area contributed by atoms with E-state index in [4.69, 9.17) is 0 Å². The van der Waals surface area contributed by atoms with Crippen LogP contribution < -0.4 is 10.2 Å². The van der Waals surface area contributed by atoms with Crippen molar-refractivity contribution in [1.29, 1.82) is 0 Å². The topological polar surface area (TPSA) is 110 Å². The molecular weight excluding hydrogens is 532 g/mol. The predicted molar refractivity (Wildman–Crippen MR) is 162 cm³/mol. The lowest BCUT2D eigenvalue weighted by Crippen LogP contribution is -2.51. The summed E-state index contributed by atoms with van der Waals surface area (Å²) in [6.07, 6.45) is 5.46. The first-order chi connectivity index (χ1) is 20.2.